The lowest BCUT2D eigenvalue weighted by molar-refractivity contribution is -0.118. The van der Waals surface area contributed by atoms with Crippen molar-refractivity contribution < 1.29 is 13.2 Å². The topological polar surface area (TPSA) is 101 Å². The molecule has 0 saturated heterocycles. The van der Waals surface area contributed by atoms with E-state index in [-0.39, 0.29) is 17.9 Å². The van der Waals surface area contributed by atoms with E-state index in [0.29, 0.717) is 18.7 Å². The van der Waals surface area contributed by atoms with Crippen LogP contribution in [0.2, 0.25) is 0 Å². The molecule has 0 bridgehead atoms. The highest BCUT2D eigenvalue weighted by atomic mass is 32.2. The summed E-state index contributed by atoms with van der Waals surface area (Å²) < 4.78 is 24.6. The van der Waals surface area contributed by atoms with E-state index >= 15 is 0 Å². The highest BCUT2D eigenvalue weighted by molar-refractivity contribution is 7.88. The predicted molar refractivity (Wildman–Crippen MR) is 95.9 cm³/mol. The molecule has 1 amide bonds. The SMILES string of the molecule is CS(=O)(=O)NCc1ccc(NC(=O)CC2(CN)CCCCC2)cc1. The lowest BCUT2D eigenvalue weighted by Gasteiger charge is -2.35. The normalized spacial score (nSPS) is 17.4. The summed E-state index contributed by atoms with van der Waals surface area (Å²) in [7, 11) is -3.21. The highest BCUT2D eigenvalue weighted by Gasteiger charge is 2.32. The van der Waals surface area contributed by atoms with E-state index in [1.165, 1.54) is 6.42 Å². The van der Waals surface area contributed by atoms with Gasteiger partial charge in [0.25, 0.3) is 0 Å². The molecule has 0 radical (unpaired) electrons. The number of carbonyl (C=O) groups excluding carboxylic acids is 1. The van der Waals surface area contributed by atoms with Gasteiger partial charge < -0.3 is 11.1 Å². The van der Waals surface area contributed by atoms with E-state index in [1.54, 1.807) is 24.3 Å². The second-order valence-electron chi connectivity index (χ2n) is 6.78. The van der Waals surface area contributed by atoms with Crippen LogP contribution in [0.15, 0.2) is 24.3 Å². The Hall–Kier alpha value is -1.44. The van der Waals surface area contributed by atoms with Crippen molar-refractivity contribution >= 4 is 21.6 Å². The average Bonchev–Trinajstić information content (AvgIpc) is 2.54. The molecule has 4 N–H and O–H groups in total. The maximum absolute atomic E-state index is 12.3. The van der Waals surface area contributed by atoms with Crippen molar-refractivity contribution in [3.05, 3.63) is 29.8 Å². The Bertz CT molecular complexity index is 650. The first kappa shape index (κ1) is 18.9. The minimum Gasteiger partial charge on any atom is -0.330 e. The van der Waals surface area contributed by atoms with Crippen molar-refractivity contribution in [3.63, 3.8) is 0 Å². The van der Waals surface area contributed by atoms with Gasteiger partial charge in [0, 0.05) is 18.7 Å². The number of carbonyl (C=O) groups is 1. The predicted octanol–water partition coefficient (Wildman–Crippen LogP) is 1.97. The molecule has 0 aliphatic heterocycles. The number of hydrogen-bond acceptors (Lipinski definition) is 4. The minimum absolute atomic E-state index is 0.00985. The Kier molecular flexibility index (Phi) is 6.37. The Morgan fingerprint density at radius 2 is 1.79 bits per heavy atom. The number of nitrogens with one attached hydrogen (secondary N) is 2. The average molecular weight is 353 g/mol. The zero-order chi connectivity index (χ0) is 17.6. The quantitative estimate of drug-likeness (QED) is 0.697. The van der Waals surface area contributed by atoms with Gasteiger partial charge in [-0.25, -0.2) is 13.1 Å². The Balaban J connectivity index is 1.89. The van der Waals surface area contributed by atoms with Crippen LogP contribution in [0.5, 0.6) is 0 Å². The summed E-state index contributed by atoms with van der Waals surface area (Å²) in [5.41, 5.74) is 7.43. The minimum atomic E-state index is -3.21. The van der Waals surface area contributed by atoms with Crippen molar-refractivity contribution in [3.8, 4) is 0 Å². The van der Waals surface area contributed by atoms with Gasteiger partial charge in [0.1, 0.15) is 0 Å². The third kappa shape index (κ3) is 5.89. The number of hydrogen-bond donors (Lipinski definition) is 3. The Labute approximate surface area is 144 Å². The number of benzene rings is 1. The van der Waals surface area contributed by atoms with Crippen LogP contribution in [0.3, 0.4) is 0 Å². The molecule has 24 heavy (non-hydrogen) atoms. The third-order valence-electron chi connectivity index (χ3n) is 4.66. The van der Waals surface area contributed by atoms with Gasteiger partial charge in [0.15, 0.2) is 0 Å². The molecular formula is C17H27N3O3S. The summed E-state index contributed by atoms with van der Waals surface area (Å²) in [4.78, 5) is 12.3. The zero-order valence-corrected chi connectivity index (χ0v) is 15.0. The van der Waals surface area contributed by atoms with Gasteiger partial charge >= 0.3 is 0 Å². The molecule has 1 aromatic rings. The lowest BCUT2D eigenvalue weighted by atomic mass is 9.71. The molecule has 1 fully saturated rings. The summed E-state index contributed by atoms with van der Waals surface area (Å²) in [6.07, 6.45) is 7.15. The molecule has 0 heterocycles. The van der Waals surface area contributed by atoms with Crippen molar-refractivity contribution in [1.29, 1.82) is 0 Å². The molecular weight excluding hydrogens is 326 g/mol. The largest absolute Gasteiger partial charge is 0.330 e. The van der Waals surface area contributed by atoms with E-state index in [1.807, 2.05) is 0 Å². The summed E-state index contributed by atoms with van der Waals surface area (Å²) in [5.74, 6) is -0.00985. The Morgan fingerprint density at radius 1 is 1.17 bits per heavy atom. The summed E-state index contributed by atoms with van der Waals surface area (Å²) in [5, 5.41) is 2.91. The number of rotatable bonds is 7. The fourth-order valence-electron chi connectivity index (χ4n) is 3.22. The zero-order valence-electron chi connectivity index (χ0n) is 14.2. The van der Waals surface area contributed by atoms with Crippen molar-refractivity contribution in [2.45, 2.75) is 45.1 Å². The molecule has 0 spiro atoms. The molecule has 0 aromatic heterocycles. The van der Waals surface area contributed by atoms with Gasteiger partial charge in [0.2, 0.25) is 15.9 Å². The second-order valence-corrected chi connectivity index (χ2v) is 8.61. The van der Waals surface area contributed by atoms with Crippen molar-refractivity contribution in [2.24, 2.45) is 11.1 Å². The van der Waals surface area contributed by atoms with Gasteiger partial charge in [-0.1, -0.05) is 31.4 Å². The van der Waals surface area contributed by atoms with Crippen LogP contribution in [-0.2, 0) is 21.4 Å². The van der Waals surface area contributed by atoms with Crippen LogP contribution in [0.1, 0.15) is 44.1 Å². The molecule has 6 nitrogen and oxygen atoms in total. The second kappa shape index (κ2) is 8.09. The van der Waals surface area contributed by atoms with E-state index in [2.05, 4.69) is 10.0 Å². The van der Waals surface area contributed by atoms with E-state index in [0.717, 1.165) is 37.5 Å². The van der Waals surface area contributed by atoms with Gasteiger partial charge in [0.05, 0.1) is 6.26 Å². The van der Waals surface area contributed by atoms with E-state index in [9.17, 15) is 13.2 Å². The first-order valence-electron chi connectivity index (χ1n) is 8.35. The summed E-state index contributed by atoms with van der Waals surface area (Å²) in [6, 6.07) is 7.17. The molecule has 0 atom stereocenters. The number of nitrogens with two attached hydrogens (primary N) is 1. The Morgan fingerprint density at radius 3 is 2.33 bits per heavy atom. The molecule has 1 aromatic carbocycles. The molecule has 134 valence electrons. The third-order valence-corrected chi connectivity index (χ3v) is 5.33. The molecule has 7 heteroatoms. The van der Waals surface area contributed by atoms with Gasteiger partial charge in [-0.15, -0.1) is 0 Å². The smallest absolute Gasteiger partial charge is 0.224 e. The van der Waals surface area contributed by atoms with Crippen LogP contribution in [-0.4, -0.2) is 27.1 Å². The molecule has 1 aliphatic rings. The summed E-state index contributed by atoms with van der Waals surface area (Å²) in [6.45, 7) is 0.792. The lowest BCUT2D eigenvalue weighted by Crippen LogP contribution is -2.36. The number of amides is 1. The maximum atomic E-state index is 12.3. The van der Waals surface area contributed by atoms with Crippen LogP contribution < -0.4 is 15.8 Å². The number of anilines is 1. The van der Waals surface area contributed by atoms with Crippen LogP contribution in [0.4, 0.5) is 5.69 Å². The number of sulfonamides is 1. The van der Waals surface area contributed by atoms with Gasteiger partial charge in [-0.05, 0) is 42.5 Å². The highest BCUT2D eigenvalue weighted by Crippen LogP contribution is 2.38. The van der Waals surface area contributed by atoms with Crippen LogP contribution >= 0.6 is 0 Å². The summed E-state index contributed by atoms with van der Waals surface area (Å²) >= 11 is 0. The monoisotopic (exact) mass is 353 g/mol. The molecule has 2 rings (SSSR count). The molecule has 0 unspecified atom stereocenters. The van der Waals surface area contributed by atoms with Crippen molar-refractivity contribution in [1.82, 2.24) is 4.72 Å². The molecule has 1 saturated carbocycles. The fraction of sp³-hybridized carbons (Fsp3) is 0.588. The van der Waals surface area contributed by atoms with Crippen LogP contribution in [0, 0.1) is 5.41 Å². The first-order chi connectivity index (χ1) is 11.3. The van der Waals surface area contributed by atoms with E-state index < -0.39 is 10.0 Å². The van der Waals surface area contributed by atoms with Crippen molar-refractivity contribution in [2.75, 3.05) is 18.1 Å². The fourth-order valence-corrected chi connectivity index (χ4v) is 3.65. The van der Waals surface area contributed by atoms with Gasteiger partial charge in [-0.2, -0.15) is 0 Å². The molecule has 1 aliphatic carbocycles. The van der Waals surface area contributed by atoms with E-state index in [4.69, 9.17) is 5.73 Å². The van der Waals surface area contributed by atoms with Gasteiger partial charge in [-0.3, -0.25) is 4.79 Å². The first-order valence-corrected chi connectivity index (χ1v) is 10.2. The van der Waals surface area contributed by atoms with Crippen LogP contribution in [0.25, 0.3) is 0 Å². The standard InChI is InChI=1S/C17H27N3O3S/c1-24(22,23)19-12-14-5-7-15(8-6-14)20-16(21)11-17(13-18)9-3-2-4-10-17/h5-8,19H,2-4,9-13,18H2,1H3,(H,20,21). The maximum Gasteiger partial charge on any atom is 0.224 e.